The van der Waals surface area contributed by atoms with E-state index in [1.807, 2.05) is 12.4 Å². The Balaban J connectivity index is 1.49. The predicted octanol–water partition coefficient (Wildman–Crippen LogP) is 3.59. The number of benzene rings is 1. The van der Waals surface area contributed by atoms with E-state index in [9.17, 15) is 0 Å². The second-order valence-corrected chi connectivity index (χ2v) is 8.12. The van der Waals surface area contributed by atoms with Crippen molar-refractivity contribution >= 4 is 0 Å². The molecule has 2 aromatic rings. The topological polar surface area (TPSA) is 60.6 Å². The molecule has 3 rings (SSSR count). The summed E-state index contributed by atoms with van der Waals surface area (Å²) in [7, 11) is 3.38. The highest BCUT2D eigenvalue weighted by Gasteiger charge is 2.23. The van der Waals surface area contributed by atoms with Crippen molar-refractivity contribution in [1.82, 2.24) is 9.88 Å². The molecule has 28 heavy (non-hydrogen) atoms. The summed E-state index contributed by atoms with van der Waals surface area (Å²) < 4.78 is 10.9. The van der Waals surface area contributed by atoms with Crippen LogP contribution in [0.3, 0.4) is 0 Å². The van der Waals surface area contributed by atoms with Crippen molar-refractivity contribution in [3.63, 3.8) is 0 Å². The Morgan fingerprint density at radius 2 is 1.75 bits per heavy atom. The van der Waals surface area contributed by atoms with Crippen molar-refractivity contribution in [1.29, 1.82) is 0 Å². The molecule has 0 saturated heterocycles. The number of pyridine rings is 1. The third-order valence-corrected chi connectivity index (χ3v) is 5.76. The lowest BCUT2D eigenvalue weighted by Crippen LogP contribution is -2.41. The van der Waals surface area contributed by atoms with Crippen LogP contribution in [-0.4, -0.2) is 42.7 Å². The van der Waals surface area contributed by atoms with E-state index < -0.39 is 0 Å². The number of hydrogen-bond donors (Lipinski definition) is 1. The first-order valence-corrected chi connectivity index (χ1v) is 10.1. The zero-order valence-corrected chi connectivity index (χ0v) is 17.4. The summed E-state index contributed by atoms with van der Waals surface area (Å²) in [6.07, 6.45) is 8.96. The molecule has 1 atom stereocenters. The number of nitrogens with two attached hydrogens (primary N) is 1. The number of aryl methyl sites for hydroxylation is 1. The highest BCUT2D eigenvalue weighted by atomic mass is 16.5. The fourth-order valence-corrected chi connectivity index (χ4v) is 3.92. The zero-order chi connectivity index (χ0) is 20.0. The molecular weight excluding hydrogens is 350 g/mol. The first-order valence-electron chi connectivity index (χ1n) is 10.1. The van der Waals surface area contributed by atoms with Gasteiger partial charge in [0.1, 0.15) is 0 Å². The minimum atomic E-state index is -0.134. The Bertz CT molecular complexity index is 762. The SMILES string of the molecule is COc1cc2c(cc1OC)CN(CCC(C)(N)CCCc1ccncc1)CC2. The fourth-order valence-electron chi connectivity index (χ4n) is 3.92. The fraction of sp³-hybridized carbons (Fsp3) is 0.522. The molecule has 0 aliphatic carbocycles. The standard InChI is InChI=1S/C23H33N3O2/c1-23(24,9-4-5-18-6-11-25-12-7-18)10-14-26-13-8-19-15-21(27-2)22(28-3)16-20(19)17-26/h6-7,11-12,15-16H,4-5,8-10,13-14,17,24H2,1-3H3. The maximum Gasteiger partial charge on any atom is 0.161 e. The number of fused-ring (bicyclic) bond motifs is 1. The molecule has 5 heteroatoms. The summed E-state index contributed by atoms with van der Waals surface area (Å²) in [4.78, 5) is 6.58. The molecule has 1 aromatic carbocycles. The highest BCUT2D eigenvalue weighted by Crippen LogP contribution is 2.33. The minimum absolute atomic E-state index is 0.134. The average Bonchev–Trinajstić information content (AvgIpc) is 2.71. The molecule has 1 unspecified atom stereocenters. The van der Waals surface area contributed by atoms with Gasteiger partial charge in [0.05, 0.1) is 14.2 Å². The molecule has 0 bridgehead atoms. The molecular formula is C23H33N3O2. The van der Waals surface area contributed by atoms with Gasteiger partial charge in [0.25, 0.3) is 0 Å². The third kappa shape index (κ3) is 5.46. The van der Waals surface area contributed by atoms with Crippen LogP contribution in [-0.2, 0) is 19.4 Å². The summed E-state index contributed by atoms with van der Waals surface area (Å²) in [5.74, 6) is 1.63. The summed E-state index contributed by atoms with van der Waals surface area (Å²) in [6, 6.07) is 8.42. The Kier molecular flexibility index (Phi) is 6.92. The summed E-state index contributed by atoms with van der Waals surface area (Å²) in [6.45, 7) is 5.22. The molecule has 0 amide bonds. The van der Waals surface area contributed by atoms with Crippen LogP contribution in [0.5, 0.6) is 11.5 Å². The van der Waals surface area contributed by atoms with Crippen molar-refractivity contribution in [3.8, 4) is 11.5 Å². The Hall–Kier alpha value is -2.11. The average molecular weight is 384 g/mol. The molecule has 5 nitrogen and oxygen atoms in total. The Labute approximate surface area is 168 Å². The highest BCUT2D eigenvalue weighted by molar-refractivity contribution is 5.48. The van der Waals surface area contributed by atoms with Crippen molar-refractivity contribution in [2.75, 3.05) is 27.3 Å². The van der Waals surface area contributed by atoms with Gasteiger partial charge in [-0.2, -0.15) is 0 Å². The smallest absolute Gasteiger partial charge is 0.161 e. The quantitative estimate of drug-likeness (QED) is 0.717. The van der Waals surface area contributed by atoms with Crippen LogP contribution in [0, 0.1) is 0 Å². The third-order valence-electron chi connectivity index (χ3n) is 5.76. The zero-order valence-electron chi connectivity index (χ0n) is 17.4. The lowest BCUT2D eigenvalue weighted by molar-refractivity contribution is 0.221. The van der Waals surface area contributed by atoms with Crippen molar-refractivity contribution in [2.45, 2.75) is 51.1 Å². The maximum atomic E-state index is 6.60. The van der Waals surface area contributed by atoms with Gasteiger partial charge < -0.3 is 15.2 Å². The predicted molar refractivity (Wildman–Crippen MR) is 113 cm³/mol. The second kappa shape index (κ2) is 9.39. The number of ether oxygens (including phenoxy) is 2. The summed E-state index contributed by atoms with van der Waals surface area (Å²) in [5, 5.41) is 0. The molecule has 1 aliphatic rings. The van der Waals surface area contributed by atoms with Gasteiger partial charge >= 0.3 is 0 Å². The monoisotopic (exact) mass is 383 g/mol. The molecule has 1 aliphatic heterocycles. The van der Waals surface area contributed by atoms with Crippen LogP contribution in [0.25, 0.3) is 0 Å². The van der Waals surface area contributed by atoms with Gasteiger partial charge in [-0.15, -0.1) is 0 Å². The van der Waals surface area contributed by atoms with E-state index in [4.69, 9.17) is 15.2 Å². The van der Waals surface area contributed by atoms with Gasteiger partial charge in [-0.1, -0.05) is 0 Å². The van der Waals surface area contributed by atoms with Crippen molar-refractivity contribution in [2.24, 2.45) is 5.73 Å². The largest absolute Gasteiger partial charge is 0.493 e. The first kappa shape index (κ1) is 20.6. The Morgan fingerprint density at radius 1 is 1.07 bits per heavy atom. The number of rotatable bonds is 9. The molecule has 0 saturated carbocycles. The van der Waals surface area contributed by atoms with E-state index in [0.29, 0.717) is 0 Å². The molecule has 2 heterocycles. The molecule has 2 N–H and O–H groups in total. The molecule has 0 spiro atoms. The number of methoxy groups -OCH3 is 2. The Morgan fingerprint density at radius 3 is 2.43 bits per heavy atom. The summed E-state index contributed by atoms with van der Waals surface area (Å²) >= 11 is 0. The van der Waals surface area contributed by atoms with E-state index in [1.165, 1.54) is 16.7 Å². The van der Waals surface area contributed by atoms with Gasteiger partial charge in [0, 0.05) is 37.6 Å². The van der Waals surface area contributed by atoms with Crippen molar-refractivity contribution < 1.29 is 9.47 Å². The number of nitrogens with zero attached hydrogens (tertiary/aromatic N) is 2. The molecule has 152 valence electrons. The summed E-state index contributed by atoms with van der Waals surface area (Å²) in [5.41, 5.74) is 10.5. The van der Waals surface area contributed by atoms with E-state index >= 15 is 0 Å². The van der Waals surface area contributed by atoms with Gasteiger partial charge in [-0.05, 0) is 80.0 Å². The van der Waals surface area contributed by atoms with E-state index in [-0.39, 0.29) is 5.54 Å². The van der Waals surface area contributed by atoms with Crippen LogP contribution < -0.4 is 15.2 Å². The lowest BCUT2D eigenvalue weighted by Gasteiger charge is -2.33. The lowest BCUT2D eigenvalue weighted by atomic mass is 9.90. The van der Waals surface area contributed by atoms with Crippen LogP contribution >= 0.6 is 0 Å². The normalized spacial score (nSPS) is 16.3. The van der Waals surface area contributed by atoms with Gasteiger partial charge in [-0.25, -0.2) is 0 Å². The second-order valence-electron chi connectivity index (χ2n) is 8.12. The maximum absolute atomic E-state index is 6.60. The van der Waals surface area contributed by atoms with Crippen molar-refractivity contribution in [3.05, 3.63) is 53.3 Å². The van der Waals surface area contributed by atoms with E-state index in [2.05, 4.69) is 41.1 Å². The number of aromatic nitrogens is 1. The molecule has 0 fully saturated rings. The van der Waals surface area contributed by atoms with Gasteiger partial charge in [0.2, 0.25) is 0 Å². The van der Waals surface area contributed by atoms with Gasteiger partial charge in [-0.3, -0.25) is 9.88 Å². The van der Waals surface area contributed by atoms with Crippen LogP contribution in [0.4, 0.5) is 0 Å². The van der Waals surface area contributed by atoms with Gasteiger partial charge in [0.15, 0.2) is 11.5 Å². The first-order chi connectivity index (χ1) is 13.5. The minimum Gasteiger partial charge on any atom is -0.493 e. The number of hydrogen-bond acceptors (Lipinski definition) is 5. The van der Waals surface area contributed by atoms with Crippen LogP contribution in [0.2, 0.25) is 0 Å². The van der Waals surface area contributed by atoms with E-state index in [1.54, 1.807) is 14.2 Å². The van der Waals surface area contributed by atoms with E-state index in [0.717, 1.165) is 63.2 Å². The van der Waals surface area contributed by atoms with Crippen LogP contribution in [0.15, 0.2) is 36.7 Å². The molecule has 0 radical (unpaired) electrons. The molecule has 1 aromatic heterocycles. The van der Waals surface area contributed by atoms with Crippen LogP contribution in [0.1, 0.15) is 42.9 Å².